The van der Waals surface area contributed by atoms with Gasteiger partial charge in [0, 0.05) is 16.8 Å². The van der Waals surface area contributed by atoms with Crippen molar-refractivity contribution in [3.8, 4) is 0 Å². The quantitative estimate of drug-likeness (QED) is 0.587. The van der Waals surface area contributed by atoms with Gasteiger partial charge in [0.05, 0.1) is 0 Å². The highest BCUT2D eigenvalue weighted by molar-refractivity contribution is 6.04. The molecule has 0 amide bonds. The van der Waals surface area contributed by atoms with Crippen molar-refractivity contribution >= 4 is 22.1 Å². The van der Waals surface area contributed by atoms with Crippen LogP contribution in [0.1, 0.15) is 0 Å². The Balaban J connectivity index is 2.40. The molecular weight excluding hydrogens is 174 g/mol. The van der Waals surface area contributed by atoms with Crippen LogP contribution in [0.5, 0.6) is 0 Å². The first-order chi connectivity index (χ1) is 6.84. The summed E-state index contributed by atoms with van der Waals surface area (Å²) >= 11 is 0. The minimum absolute atomic E-state index is 0.199. The number of hydrogen-bond acceptors (Lipinski definition) is 3. The van der Waals surface area contributed by atoms with E-state index >= 15 is 0 Å². The van der Waals surface area contributed by atoms with Crippen LogP contribution in [0.15, 0.2) is 36.4 Å². The van der Waals surface area contributed by atoms with Gasteiger partial charge in [-0.3, -0.25) is 5.73 Å². The topological polar surface area (TPSA) is 50.1 Å². The normalized spacial score (nSPS) is 14.9. The van der Waals surface area contributed by atoms with Crippen LogP contribution in [0.4, 0.5) is 11.4 Å². The number of nitrogens with one attached hydrogen (secondary N) is 2. The molecule has 0 aromatic heterocycles. The first-order valence-electron chi connectivity index (χ1n) is 4.65. The standard InChI is InChI=1S/C11H11N3/c12-11-13-8-5-1-3-7-4-2-6-9(14-11)10(7)8/h1-6,11,13-14H,12H2. The third-order valence-corrected chi connectivity index (χ3v) is 2.53. The maximum absolute atomic E-state index is 5.80. The van der Waals surface area contributed by atoms with Gasteiger partial charge in [0.1, 0.15) is 6.29 Å². The first kappa shape index (κ1) is 7.64. The van der Waals surface area contributed by atoms with Crippen molar-refractivity contribution in [2.24, 2.45) is 5.73 Å². The zero-order chi connectivity index (χ0) is 9.54. The van der Waals surface area contributed by atoms with Gasteiger partial charge in [0.15, 0.2) is 0 Å². The smallest absolute Gasteiger partial charge is 0.150 e. The van der Waals surface area contributed by atoms with Crippen molar-refractivity contribution in [2.45, 2.75) is 6.29 Å². The van der Waals surface area contributed by atoms with Gasteiger partial charge in [-0.2, -0.15) is 0 Å². The second kappa shape index (κ2) is 2.62. The average Bonchev–Trinajstić information content (AvgIpc) is 2.18. The second-order valence-corrected chi connectivity index (χ2v) is 3.48. The first-order valence-corrected chi connectivity index (χ1v) is 4.65. The molecule has 0 unspecified atom stereocenters. The minimum Gasteiger partial charge on any atom is -0.353 e. The molecule has 70 valence electrons. The predicted molar refractivity (Wildman–Crippen MR) is 59.2 cm³/mol. The molecule has 0 saturated carbocycles. The van der Waals surface area contributed by atoms with E-state index in [0.717, 1.165) is 11.4 Å². The Hall–Kier alpha value is -1.74. The van der Waals surface area contributed by atoms with E-state index in [2.05, 4.69) is 22.8 Å². The maximum Gasteiger partial charge on any atom is 0.150 e. The minimum atomic E-state index is -0.199. The molecule has 2 aromatic rings. The van der Waals surface area contributed by atoms with Crippen molar-refractivity contribution in [3.05, 3.63) is 36.4 Å². The molecule has 14 heavy (non-hydrogen) atoms. The zero-order valence-corrected chi connectivity index (χ0v) is 7.62. The van der Waals surface area contributed by atoms with Crippen molar-refractivity contribution in [1.29, 1.82) is 0 Å². The summed E-state index contributed by atoms with van der Waals surface area (Å²) in [7, 11) is 0. The van der Waals surface area contributed by atoms with Gasteiger partial charge in [0.25, 0.3) is 0 Å². The van der Waals surface area contributed by atoms with Gasteiger partial charge in [-0.1, -0.05) is 24.3 Å². The Labute approximate surface area is 81.9 Å². The number of benzene rings is 2. The zero-order valence-electron chi connectivity index (χ0n) is 7.62. The molecule has 0 bridgehead atoms. The van der Waals surface area contributed by atoms with E-state index in [-0.39, 0.29) is 6.29 Å². The summed E-state index contributed by atoms with van der Waals surface area (Å²) < 4.78 is 0. The predicted octanol–water partition coefficient (Wildman–Crippen LogP) is 1.92. The van der Waals surface area contributed by atoms with E-state index in [1.54, 1.807) is 0 Å². The van der Waals surface area contributed by atoms with Gasteiger partial charge < -0.3 is 10.6 Å². The SMILES string of the molecule is NC1Nc2cccc3cccc(c23)N1. The largest absolute Gasteiger partial charge is 0.353 e. The van der Waals surface area contributed by atoms with Crippen molar-refractivity contribution in [3.63, 3.8) is 0 Å². The van der Waals surface area contributed by atoms with Crippen LogP contribution < -0.4 is 16.4 Å². The third-order valence-electron chi connectivity index (χ3n) is 2.53. The molecular formula is C11H11N3. The highest BCUT2D eigenvalue weighted by Gasteiger charge is 2.14. The Morgan fingerprint density at radius 2 is 1.50 bits per heavy atom. The summed E-state index contributed by atoms with van der Waals surface area (Å²) in [4.78, 5) is 0. The van der Waals surface area contributed by atoms with Crippen molar-refractivity contribution in [1.82, 2.24) is 0 Å². The third kappa shape index (κ3) is 0.961. The number of anilines is 2. The lowest BCUT2D eigenvalue weighted by Gasteiger charge is -2.26. The second-order valence-electron chi connectivity index (χ2n) is 3.48. The number of rotatable bonds is 0. The summed E-state index contributed by atoms with van der Waals surface area (Å²) in [6, 6.07) is 12.4. The van der Waals surface area contributed by atoms with Gasteiger partial charge in [-0.25, -0.2) is 0 Å². The van der Waals surface area contributed by atoms with Gasteiger partial charge in [-0.05, 0) is 17.5 Å². The molecule has 1 aliphatic rings. The Kier molecular flexibility index (Phi) is 1.43. The fraction of sp³-hybridized carbons (Fsp3) is 0.0909. The summed E-state index contributed by atoms with van der Waals surface area (Å²) in [5, 5.41) is 8.83. The summed E-state index contributed by atoms with van der Waals surface area (Å²) in [5.74, 6) is 0. The van der Waals surface area contributed by atoms with Crippen LogP contribution in [0.2, 0.25) is 0 Å². The van der Waals surface area contributed by atoms with E-state index in [9.17, 15) is 0 Å². The van der Waals surface area contributed by atoms with Crippen LogP contribution in [-0.4, -0.2) is 6.29 Å². The average molecular weight is 185 g/mol. The molecule has 3 rings (SSSR count). The van der Waals surface area contributed by atoms with Gasteiger partial charge >= 0.3 is 0 Å². The van der Waals surface area contributed by atoms with Crippen LogP contribution in [-0.2, 0) is 0 Å². The molecule has 0 fully saturated rings. The molecule has 2 aromatic carbocycles. The van der Waals surface area contributed by atoms with Crippen LogP contribution in [0, 0.1) is 0 Å². The highest BCUT2D eigenvalue weighted by Crippen LogP contribution is 2.33. The number of nitrogens with two attached hydrogens (primary N) is 1. The van der Waals surface area contributed by atoms with Crippen LogP contribution in [0.3, 0.4) is 0 Å². The van der Waals surface area contributed by atoms with Crippen molar-refractivity contribution < 1.29 is 0 Å². The van der Waals surface area contributed by atoms with E-state index in [1.165, 1.54) is 10.8 Å². The van der Waals surface area contributed by atoms with Gasteiger partial charge in [-0.15, -0.1) is 0 Å². The van der Waals surface area contributed by atoms with E-state index in [4.69, 9.17) is 5.73 Å². The number of hydrogen-bond donors (Lipinski definition) is 3. The van der Waals surface area contributed by atoms with E-state index in [1.807, 2.05) is 24.3 Å². The van der Waals surface area contributed by atoms with Gasteiger partial charge in [0.2, 0.25) is 0 Å². The van der Waals surface area contributed by atoms with E-state index < -0.39 is 0 Å². The lowest BCUT2D eigenvalue weighted by molar-refractivity contribution is 0.864. The molecule has 0 spiro atoms. The molecule has 3 nitrogen and oxygen atoms in total. The molecule has 0 saturated heterocycles. The monoisotopic (exact) mass is 185 g/mol. The molecule has 3 heteroatoms. The molecule has 1 aliphatic heterocycles. The highest BCUT2D eigenvalue weighted by atomic mass is 15.2. The molecule has 0 atom stereocenters. The van der Waals surface area contributed by atoms with Crippen LogP contribution in [0.25, 0.3) is 10.8 Å². The maximum atomic E-state index is 5.80. The van der Waals surface area contributed by atoms with Crippen molar-refractivity contribution in [2.75, 3.05) is 10.6 Å². The fourth-order valence-electron chi connectivity index (χ4n) is 1.95. The Morgan fingerprint density at radius 3 is 2.07 bits per heavy atom. The lowest BCUT2D eigenvalue weighted by Crippen LogP contribution is -2.39. The summed E-state index contributed by atoms with van der Waals surface area (Å²) in [6.45, 7) is 0. The van der Waals surface area contributed by atoms with Crippen LogP contribution >= 0.6 is 0 Å². The summed E-state index contributed by atoms with van der Waals surface area (Å²) in [5.41, 5.74) is 8.01. The molecule has 1 heterocycles. The summed E-state index contributed by atoms with van der Waals surface area (Å²) in [6.07, 6.45) is -0.199. The Bertz CT molecular complexity index is 452. The molecule has 4 N–H and O–H groups in total. The lowest BCUT2D eigenvalue weighted by atomic mass is 10.1. The fourth-order valence-corrected chi connectivity index (χ4v) is 1.95. The Morgan fingerprint density at radius 1 is 0.929 bits per heavy atom. The molecule has 0 aliphatic carbocycles. The molecule has 0 radical (unpaired) electrons. The van der Waals surface area contributed by atoms with E-state index in [0.29, 0.717) is 0 Å².